The molecule has 3 N–H and O–H groups in total. The molecule has 1 aromatic heterocycles. The van der Waals surface area contributed by atoms with E-state index in [1.807, 2.05) is 0 Å². The molecule has 90 valence electrons. The Labute approximate surface area is 101 Å². The summed E-state index contributed by atoms with van der Waals surface area (Å²) in [4.78, 5) is 3.76. The number of aliphatic hydroxyl groups excluding tert-OH is 1. The molecule has 3 atom stereocenters. The van der Waals surface area contributed by atoms with E-state index in [9.17, 15) is 5.11 Å². The lowest BCUT2D eigenvalue weighted by molar-refractivity contribution is 0.187. The van der Waals surface area contributed by atoms with Crippen molar-refractivity contribution in [3.63, 3.8) is 0 Å². The minimum absolute atomic E-state index is 0.135. The first-order valence-electron chi connectivity index (χ1n) is 5.86. The van der Waals surface area contributed by atoms with Crippen LogP contribution < -0.4 is 5.73 Å². The van der Waals surface area contributed by atoms with Crippen molar-refractivity contribution in [3.05, 3.63) is 22.4 Å². The normalized spacial score (nSPS) is 25.8. The monoisotopic (exact) mass is 240 g/mol. The van der Waals surface area contributed by atoms with Crippen molar-refractivity contribution >= 4 is 11.3 Å². The van der Waals surface area contributed by atoms with Crippen LogP contribution in [0.25, 0.3) is 0 Å². The fourth-order valence-electron chi connectivity index (χ4n) is 2.50. The van der Waals surface area contributed by atoms with E-state index in [4.69, 9.17) is 5.73 Å². The maximum atomic E-state index is 9.18. The first-order chi connectivity index (χ1) is 7.72. The summed E-state index contributed by atoms with van der Waals surface area (Å²) in [6.07, 6.45) is 1.09. The van der Waals surface area contributed by atoms with Crippen molar-refractivity contribution < 1.29 is 5.11 Å². The minimum Gasteiger partial charge on any atom is -0.396 e. The molecule has 1 fully saturated rings. The lowest BCUT2D eigenvalue weighted by atomic mass is 10.1. The molecule has 2 rings (SSSR count). The highest BCUT2D eigenvalue weighted by Gasteiger charge is 2.31. The van der Waals surface area contributed by atoms with Gasteiger partial charge in [-0.2, -0.15) is 0 Å². The van der Waals surface area contributed by atoms with Crippen molar-refractivity contribution in [1.82, 2.24) is 4.90 Å². The van der Waals surface area contributed by atoms with Gasteiger partial charge in [0.25, 0.3) is 0 Å². The number of aliphatic hydroxyl groups is 1. The third-order valence-electron chi connectivity index (χ3n) is 3.30. The summed E-state index contributed by atoms with van der Waals surface area (Å²) in [6, 6.07) is 4.69. The third kappa shape index (κ3) is 2.46. The number of hydrogen-bond acceptors (Lipinski definition) is 4. The molecule has 1 aliphatic heterocycles. The minimum atomic E-state index is 0.135. The predicted molar refractivity (Wildman–Crippen MR) is 67.5 cm³/mol. The van der Waals surface area contributed by atoms with Gasteiger partial charge in [0.1, 0.15) is 0 Å². The van der Waals surface area contributed by atoms with E-state index in [0.29, 0.717) is 18.6 Å². The summed E-state index contributed by atoms with van der Waals surface area (Å²) >= 11 is 1.77. The molecule has 3 unspecified atom stereocenters. The lowest BCUT2D eigenvalue weighted by Crippen LogP contribution is -2.38. The van der Waals surface area contributed by atoms with Crippen molar-refractivity contribution in [2.75, 3.05) is 19.7 Å². The van der Waals surface area contributed by atoms with Gasteiger partial charge >= 0.3 is 0 Å². The molecule has 1 saturated heterocycles. The number of thiophene rings is 1. The highest BCUT2D eigenvalue weighted by molar-refractivity contribution is 7.10. The number of nitrogens with two attached hydrogens (primary N) is 1. The van der Waals surface area contributed by atoms with Gasteiger partial charge in [0.2, 0.25) is 0 Å². The van der Waals surface area contributed by atoms with Crippen LogP contribution in [-0.4, -0.2) is 35.7 Å². The summed E-state index contributed by atoms with van der Waals surface area (Å²) in [5.74, 6) is 0.432. The van der Waals surface area contributed by atoms with Gasteiger partial charge < -0.3 is 10.8 Å². The highest BCUT2D eigenvalue weighted by Crippen LogP contribution is 2.31. The largest absolute Gasteiger partial charge is 0.396 e. The standard InChI is InChI=1S/C12H20N2OS/c1-9(13)12(11-3-2-6-16-11)14-5-4-10(7-14)8-15/h2-3,6,9-10,12,15H,4-5,7-8,13H2,1H3. The summed E-state index contributed by atoms with van der Waals surface area (Å²) in [7, 11) is 0. The van der Waals surface area contributed by atoms with E-state index in [1.54, 1.807) is 11.3 Å². The van der Waals surface area contributed by atoms with Crippen LogP contribution in [0.15, 0.2) is 17.5 Å². The van der Waals surface area contributed by atoms with Crippen molar-refractivity contribution in [2.45, 2.75) is 25.4 Å². The van der Waals surface area contributed by atoms with Crippen molar-refractivity contribution in [1.29, 1.82) is 0 Å². The molecule has 1 aliphatic rings. The number of rotatable bonds is 4. The van der Waals surface area contributed by atoms with E-state index in [-0.39, 0.29) is 6.04 Å². The van der Waals surface area contributed by atoms with E-state index in [2.05, 4.69) is 29.3 Å². The van der Waals surface area contributed by atoms with Crippen LogP contribution in [0.5, 0.6) is 0 Å². The Morgan fingerprint density at radius 3 is 3.00 bits per heavy atom. The Morgan fingerprint density at radius 1 is 1.69 bits per heavy atom. The maximum Gasteiger partial charge on any atom is 0.0590 e. The zero-order valence-electron chi connectivity index (χ0n) is 9.67. The summed E-state index contributed by atoms with van der Waals surface area (Å²) in [6.45, 7) is 4.39. The topological polar surface area (TPSA) is 49.5 Å². The van der Waals surface area contributed by atoms with Gasteiger partial charge in [0.15, 0.2) is 0 Å². The second kappa shape index (κ2) is 5.27. The summed E-state index contributed by atoms with van der Waals surface area (Å²) in [5, 5.41) is 11.3. The van der Waals surface area contributed by atoms with Gasteiger partial charge in [-0.25, -0.2) is 0 Å². The first kappa shape index (κ1) is 12.0. The van der Waals surface area contributed by atoms with Crippen LogP contribution in [0.1, 0.15) is 24.3 Å². The predicted octanol–water partition coefficient (Wildman–Crippen LogP) is 1.45. The second-order valence-corrected chi connectivity index (χ2v) is 5.63. The Hall–Kier alpha value is -0.420. The van der Waals surface area contributed by atoms with Gasteiger partial charge in [0, 0.05) is 24.1 Å². The average molecular weight is 240 g/mol. The van der Waals surface area contributed by atoms with Gasteiger partial charge in [-0.05, 0) is 37.3 Å². The van der Waals surface area contributed by atoms with Crippen LogP contribution >= 0.6 is 11.3 Å². The number of hydrogen-bond donors (Lipinski definition) is 2. The van der Waals surface area contributed by atoms with Crippen LogP contribution in [-0.2, 0) is 0 Å². The van der Waals surface area contributed by atoms with Gasteiger partial charge in [-0.1, -0.05) is 6.07 Å². The third-order valence-corrected chi connectivity index (χ3v) is 4.24. The van der Waals surface area contributed by atoms with Crippen LogP contribution in [0, 0.1) is 5.92 Å². The van der Waals surface area contributed by atoms with Crippen LogP contribution in [0.3, 0.4) is 0 Å². The molecule has 0 amide bonds. The van der Waals surface area contributed by atoms with Crippen molar-refractivity contribution in [3.8, 4) is 0 Å². The zero-order valence-corrected chi connectivity index (χ0v) is 10.5. The number of likely N-dealkylation sites (tertiary alicyclic amines) is 1. The lowest BCUT2D eigenvalue weighted by Gasteiger charge is -2.30. The van der Waals surface area contributed by atoms with Gasteiger partial charge in [0.05, 0.1) is 6.04 Å². The van der Waals surface area contributed by atoms with E-state index >= 15 is 0 Å². The molecule has 0 saturated carbocycles. The quantitative estimate of drug-likeness (QED) is 0.837. The molecule has 0 spiro atoms. The number of nitrogens with zero attached hydrogens (tertiary/aromatic N) is 1. The highest BCUT2D eigenvalue weighted by atomic mass is 32.1. The summed E-state index contributed by atoms with van der Waals surface area (Å²) in [5.41, 5.74) is 6.10. The molecule has 3 nitrogen and oxygen atoms in total. The van der Waals surface area contributed by atoms with Crippen LogP contribution in [0.4, 0.5) is 0 Å². The molecule has 0 aliphatic carbocycles. The Bertz CT molecular complexity index is 313. The Morgan fingerprint density at radius 2 is 2.50 bits per heavy atom. The molecular weight excluding hydrogens is 220 g/mol. The second-order valence-electron chi connectivity index (χ2n) is 4.65. The molecule has 1 aromatic rings. The Kier molecular flexibility index (Phi) is 3.97. The molecule has 16 heavy (non-hydrogen) atoms. The molecule has 0 radical (unpaired) electrons. The van der Waals surface area contributed by atoms with E-state index in [0.717, 1.165) is 19.5 Å². The fraction of sp³-hybridized carbons (Fsp3) is 0.667. The SMILES string of the molecule is CC(N)C(c1cccs1)N1CCC(CO)C1. The molecule has 0 aromatic carbocycles. The van der Waals surface area contributed by atoms with Gasteiger partial charge in [-0.3, -0.25) is 4.90 Å². The molecule has 2 heterocycles. The molecule has 4 heteroatoms. The van der Waals surface area contributed by atoms with Crippen molar-refractivity contribution in [2.24, 2.45) is 11.7 Å². The maximum absolute atomic E-state index is 9.18. The Balaban J connectivity index is 2.09. The summed E-state index contributed by atoms with van der Waals surface area (Å²) < 4.78 is 0. The fourth-order valence-corrected chi connectivity index (χ4v) is 3.47. The molecular formula is C12H20N2OS. The zero-order chi connectivity index (χ0) is 11.5. The molecule has 0 bridgehead atoms. The average Bonchev–Trinajstić information content (AvgIpc) is 2.88. The first-order valence-corrected chi connectivity index (χ1v) is 6.74. The van der Waals surface area contributed by atoms with E-state index < -0.39 is 0 Å². The van der Waals surface area contributed by atoms with E-state index in [1.165, 1.54) is 4.88 Å². The van der Waals surface area contributed by atoms with Crippen LogP contribution in [0.2, 0.25) is 0 Å². The van der Waals surface area contributed by atoms with Gasteiger partial charge in [-0.15, -0.1) is 11.3 Å². The smallest absolute Gasteiger partial charge is 0.0590 e.